The van der Waals surface area contributed by atoms with Crippen LogP contribution in [0.4, 0.5) is 11.4 Å². The molecule has 1 amide bonds. The average Bonchev–Trinajstić information content (AvgIpc) is 3.03. The first-order valence-corrected chi connectivity index (χ1v) is 11.4. The van der Waals surface area contributed by atoms with Gasteiger partial charge in [-0.1, -0.05) is 40.2 Å². The van der Waals surface area contributed by atoms with Gasteiger partial charge in [0, 0.05) is 23.1 Å². The normalized spacial score (nSPS) is 18.5. The van der Waals surface area contributed by atoms with E-state index in [9.17, 15) is 9.59 Å². The number of amides is 1. The van der Waals surface area contributed by atoms with E-state index in [-0.39, 0.29) is 17.8 Å². The predicted molar refractivity (Wildman–Crippen MR) is 125 cm³/mol. The summed E-state index contributed by atoms with van der Waals surface area (Å²) in [5, 5.41) is 0. The molecule has 2 aliphatic heterocycles. The fourth-order valence-corrected chi connectivity index (χ4v) is 4.43. The number of piperidine rings is 1. The van der Waals surface area contributed by atoms with E-state index in [0.29, 0.717) is 19.0 Å². The Kier molecular flexibility index (Phi) is 6.53. The van der Waals surface area contributed by atoms with Gasteiger partial charge < -0.3 is 4.74 Å². The molecular formula is C24H26BrN3O3. The van der Waals surface area contributed by atoms with E-state index in [1.165, 1.54) is 0 Å². The van der Waals surface area contributed by atoms with E-state index in [1.807, 2.05) is 56.3 Å². The van der Waals surface area contributed by atoms with Crippen LogP contribution in [0.3, 0.4) is 0 Å². The van der Waals surface area contributed by atoms with Crippen LogP contribution < -0.4 is 4.90 Å². The van der Waals surface area contributed by atoms with E-state index in [4.69, 9.17) is 9.73 Å². The molecule has 2 aliphatic rings. The summed E-state index contributed by atoms with van der Waals surface area (Å²) in [6, 6.07) is 13.6. The molecule has 0 aliphatic carbocycles. The molecule has 0 saturated carbocycles. The van der Waals surface area contributed by atoms with Gasteiger partial charge in [0.25, 0.3) is 5.91 Å². The first-order valence-electron chi connectivity index (χ1n) is 10.6. The lowest BCUT2D eigenvalue weighted by Gasteiger charge is -2.33. The van der Waals surface area contributed by atoms with Gasteiger partial charge in [0.2, 0.25) is 0 Å². The van der Waals surface area contributed by atoms with E-state index in [0.717, 1.165) is 52.9 Å². The molecule has 0 N–H and O–H groups in total. The Labute approximate surface area is 191 Å². The second-order valence-electron chi connectivity index (χ2n) is 7.93. The van der Waals surface area contributed by atoms with Crippen molar-refractivity contribution in [2.24, 2.45) is 10.9 Å². The van der Waals surface area contributed by atoms with Gasteiger partial charge in [-0.05, 0) is 50.5 Å². The zero-order valence-corrected chi connectivity index (χ0v) is 19.4. The number of ether oxygens (including phenoxy) is 1. The molecule has 2 heterocycles. The molecule has 0 bridgehead atoms. The Bertz CT molecular complexity index is 1030. The summed E-state index contributed by atoms with van der Waals surface area (Å²) in [7, 11) is 0. The van der Waals surface area contributed by atoms with Crippen molar-refractivity contribution in [2.75, 3.05) is 31.3 Å². The molecule has 1 fully saturated rings. The third kappa shape index (κ3) is 4.57. The summed E-state index contributed by atoms with van der Waals surface area (Å²) in [6.45, 7) is 6.27. The average molecular weight is 484 g/mol. The molecule has 7 heteroatoms. The van der Waals surface area contributed by atoms with Gasteiger partial charge in [0.05, 0.1) is 30.6 Å². The molecule has 0 aromatic heterocycles. The Morgan fingerprint density at radius 2 is 1.94 bits per heavy atom. The SMILES string of the molecule is CCOC(=O)C1CCN(CN2C(=O)C(=Nc3ccc(C)c(Br)c3)c3ccccc32)CC1. The highest BCUT2D eigenvalue weighted by Crippen LogP contribution is 2.32. The maximum absolute atomic E-state index is 13.3. The zero-order chi connectivity index (χ0) is 22.0. The monoisotopic (exact) mass is 483 g/mol. The highest BCUT2D eigenvalue weighted by Gasteiger charge is 2.36. The largest absolute Gasteiger partial charge is 0.466 e. The van der Waals surface area contributed by atoms with Gasteiger partial charge in [-0.25, -0.2) is 4.99 Å². The van der Waals surface area contributed by atoms with Crippen LogP contribution in [0.5, 0.6) is 0 Å². The highest BCUT2D eigenvalue weighted by molar-refractivity contribution is 9.10. The number of benzene rings is 2. The topological polar surface area (TPSA) is 62.2 Å². The number of hydrogen-bond donors (Lipinski definition) is 0. The lowest BCUT2D eigenvalue weighted by Crippen LogP contribution is -2.45. The lowest BCUT2D eigenvalue weighted by molar-refractivity contribution is -0.149. The number of aryl methyl sites for hydroxylation is 1. The van der Waals surface area contributed by atoms with Crippen LogP contribution in [0, 0.1) is 12.8 Å². The van der Waals surface area contributed by atoms with Crippen LogP contribution in [0.25, 0.3) is 0 Å². The quantitative estimate of drug-likeness (QED) is 0.589. The fraction of sp³-hybridized carbons (Fsp3) is 0.375. The van der Waals surface area contributed by atoms with Crippen molar-refractivity contribution in [3.8, 4) is 0 Å². The maximum atomic E-state index is 13.3. The van der Waals surface area contributed by atoms with Crippen LogP contribution in [-0.2, 0) is 14.3 Å². The Hall–Kier alpha value is -2.51. The van der Waals surface area contributed by atoms with Crippen molar-refractivity contribution < 1.29 is 14.3 Å². The first-order chi connectivity index (χ1) is 15.0. The second-order valence-corrected chi connectivity index (χ2v) is 8.78. The molecule has 2 aromatic carbocycles. The molecule has 0 radical (unpaired) electrons. The summed E-state index contributed by atoms with van der Waals surface area (Å²) in [6.07, 6.45) is 1.50. The van der Waals surface area contributed by atoms with E-state index < -0.39 is 0 Å². The van der Waals surface area contributed by atoms with Crippen molar-refractivity contribution in [3.05, 3.63) is 58.1 Å². The molecule has 0 atom stereocenters. The zero-order valence-electron chi connectivity index (χ0n) is 17.8. The van der Waals surface area contributed by atoms with Gasteiger partial charge in [-0.2, -0.15) is 0 Å². The van der Waals surface area contributed by atoms with E-state index in [2.05, 4.69) is 20.8 Å². The summed E-state index contributed by atoms with van der Waals surface area (Å²) in [5.41, 5.74) is 4.06. The maximum Gasteiger partial charge on any atom is 0.309 e. The number of nitrogens with zero attached hydrogens (tertiary/aromatic N) is 3. The molecular weight excluding hydrogens is 458 g/mol. The third-order valence-electron chi connectivity index (χ3n) is 5.84. The standard InChI is InChI=1S/C24H26BrN3O3/c1-3-31-24(30)17-10-12-27(13-11-17)15-28-21-7-5-4-6-19(21)22(23(28)29)26-18-9-8-16(2)20(25)14-18/h4-9,14,17H,3,10-13,15H2,1-2H3. The Balaban J connectivity index is 1.52. The number of fused-ring (bicyclic) bond motifs is 1. The number of anilines is 1. The Morgan fingerprint density at radius 1 is 1.19 bits per heavy atom. The van der Waals surface area contributed by atoms with Crippen LogP contribution in [0.2, 0.25) is 0 Å². The molecule has 2 aromatic rings. The van der Waals surface area contributed by atoms with Crippen molar-refractivity contribution in [2.45, 2.75) is 26.7 Å². The number of para-hydroxylation sites is 1. The minimum atomic E-state index is -0.108. The summed E-state index contributed by atoms with van der Waals surface area (Å²) < 4.78 is 6.13. The number of esters is 1. The molecule has 162 valence electrons. The minimum absolute atomic E-state index is 0.0464. The number of rotatable bonds is 5. The molecule has 1 saturated heterocycles. The lowest BCUT2D eigenvalue weighted by atomic mass is 9.97. The number of carbonyl (C=O) groups excluding carboxylic acids is 2. The number of hydrogen-bond acceptors (Lipinski definition) is 5. The molecule has 0 unspecified atom stereocenters. The summed E-state index contributed by atoms with van der Waals surface area (Å²) in [4.78, 5) is 34.0. The smallest absolute Gasteiger partial charge is 0.309 e. The van der Waals surface area contributed by atoms with E-state index >= 15 is 0 Å². The summed E-state index contributed by atoms with van der Waals surface area (Å²) in [5.74, 6) is -0.247. The van der Waals surface area contributed by atoms with Crippen molar-refractivity contribution in [1.29, 1.82) is 0 Å². The van der Waals surface area contributed by atoms with E-state index in [1.54, 1.807) is 4.90 Å². The Morgan fingerprint density at radius 3 is 2.65 bits per heavy atom. The van der Waals surface area contributed by atoms with Gasteiger partial charge in [0.1, 0.15) is 5.71 Å². The fourth-order valence-electron chi connectivity index (χ4n) is 4.06. The number of aliphatic imine (C=N–C) groups is 1. The third-order valence-corrected chi connectivity index (χ3v) is 6.70. The van der Waals surface area contributed by atoms with Crippen LogP contribution in [0.15, 0.2) is 51.9 Å². The summed E-state index contributed by atoms with van der Waals surface area (Å²) >= 11 is 3.54. The molecule has 6 nitrogen and oxygen atoms in total. The predicted octanol–water partition coefficient (Wildman–Crippen LogP) is 4.46. The van der Waals surface area contributed by atoms with Crippen LogP contribution in [0.1, 0.15) is 30.9 Å². The van der Waals surface area contributed by atoms with Crippen molar-refractivity contribution in [1.82, 2.24) is 4.90 Å². The van der Waals surface area contributed by atoms with Crippen molar-refractivity contribution in [3.63, 3.8) is 0 Å². The molecule has 0 spiro atoms. The van der Waals surface area contributed by atoms with Gasteiger partial charge in [-0.3, -0.25) is 19.4 Å². The molecule has 4 rings (SSSR count). The second kappa shape index (κ2) is 9.32. The van der Waals surface area contributed by atoms with Gasteiger partial charge >= 0.3 is 5.97 Å². The van der Waals surface area contributed by atoms with Crippen LogP contribution in [-0.4, -0.2) is 48.9 Å². The minimum Gasteiger partial charge on any atom is -0.466 e. The van der Waals surface area contributed by atoms with Gasteiger partial charge in [0.15, 0.2) is 0 Å². The highest BCUT2D eigenvalue weighted by atomic mass is 79.9. The number of likely N-dealkylation sites (tertiary alicyclic amines) is 1. The first kappa shape index (κ1) is 21.7. The number of halogens is 1. The number of carbonyl (C=O) groups is 2. The molecule has 31 heavy (non-hydrogen) atoms. The van der Waals surface area contributed by atoms with Crippen molar-refractivity contribution >= 4 is 44.9 Å². The van der Waals surface area contributed by atoms with Gasteiger partial charge in [-0.15, -0.1) is 0 Å². The van der Waals surface area contributed by atoms with Crippen LogP contribution >= 0.6 is 15.9 Å².